The molecule has 1 aromatic carbocycles. The summed E-state index contributed by atoms with van der Waals surface area (Å²) in [6, 6.07) is 3.69. The molecule has 0 fully saturated rings. The standard InChI is InChI=1S/C12H16ClFN2O/c1-12(2,3)10(15)11(17)16-8-6-4-5-7(13)9(8)14/h4-6,10H,15H2,1-3H3,(H,16,17)/t10-/m0/s1. The highest BCUT2D eigenvalue weighted by atomic mass is 35.5. The molecule has 0 radical (unpaired) electrons. The average molecular weight is 259 g/mol. The number of carbonyl (C=O) groups is 1. The van der Waals surface area contributed by atoms with Crippen molar-refractivity contribution in [1.29, 1.82) is 0 Å². The second-order valence-electron chi connectivity index (χ2n) is 4.93. The molecule has 1 atom stereocenters. The van der Waals surface area contributed by atoms with E-state index >= 15 is 0 Å². The van der Waals surface area contributed by atoms with Crippen LogP contribution in [0.5, 0.6) is 0 Å². The van der Waals surface area contributed by atoms with Gasteiger partial charge in [0.25, 0.3) is 0 Å². The number of rotatable bonds is 2. The fourth-order valence-electron chi connectivity index (χ4n) is 1.20. The molecule has 3 N–H and O–H groups in total. The van der Waals surface area contributed by atoms with E-state index in [4.69, 9.17) is 17.3 Å². The summed E-state index contributed by atoms with van der Waals surface area (Å²) in [7, 11) is 0. The SMILES string of the molecule is CC(C)(C)[C@@H](N)C(=O)Nc1cccc(Cl)c1F. The lowest BCUT2D eigenvalue weighted by molar-refractivity contribution is -0.119. The second-order valence-corrected chi connectivity index (χ2v) is 5.34. The van der Waals surface area contributed by atoms with Crippen LogP contribution in [0.3, 0.4) is 0 Å². The number of carbonyl (C=O) groups excluding carboxylic acids is 1. The number of nitrogens with one attached hydrogen (secondary N) is 1. The van der Waals surface area contributed by atoms with Crippen molar-refractivity contribution in [3.63, 3.8) is 0 Å². The van der Waals surface area contributed by atoms with Gasteiger partial charge in [-0.3, -0.25) is 4.79 Å². The first kappa shape index (κ1) is 13.9. The summed E-state index contributed by atoms with van der Waals surface area (Å²) in [5.74, 6) is -1.08. The Hall–Kier alpha value is -1.13. The maximum atomic E-state index is 13.5. The summed E-state index contributed by atoms with van der Waals surface area (Å²) < 4.78 is 13.5. The van der Waals surface area contributed by atoms with Crippen molar-refractivity contribution in [2.24, 2.45) is 11.1 Å². The summed E-state index contributed by atoms with van der Waals surface area (Å²) in [5, 5.41) is 2.40. The lowest BCUT2D eigenvalue weighted by Crippen LogP contribution is -2.45. The van der Waals surface area contributed by atoms with Gasteiger partial charge < -0.3 is 11.1 Å². The van der Waals surface area contributed by atoms with Crippen LogP contribution < -0.4 is 11.1 Å². The highest BCUT2D eigenvalue weighted by Crippen LogP contribution is 2.23. The first-order chi connectivity index (χ1) is 7.73. The van der Waals surface area contributed by atoms with Crippen molar-refractivity contribution >= 4 is 23.2 Å². The van der Waals surface area contributed by atoms with Gasteiger partial charge in [0.05, 0.1) is 16.8 Å². The molecule has 1 rings (SSSR count). The van der Waals surface area contributed by atoms with Gasteiger partial charge in [-0.1, -0.05) is 38.4 Å². The Balaban J connectivity index is 2.86. The predicted molar refractivity (Wildman–Crippen MR) is 67.5 cm³/mol. The zero-order valence-electron chi connectivity index (χ0n) is 10.1. The van der Waals surface area contributed by atoms with Crippen LogP contribution in [0.25, 0.3) is 0 Å². The summed E-state index contributed by atoms with van der Waals surface area (Å²) in [6.07, 6.45) is 0. The van der Waals surface area contributed by atoms with Gasteiger partial charge in [-0.25, -0.2) is 4.39 Å². The largest absolute Gasteiger partial charge is 0.322 e. The van der Waals surface area contributed by atoms with Crippen LogP contribution in [0.2, 0.25) is 5.02 Å². The number of halogens is 2. The van der Waals surface area contributed by atoms with Gasteiger partial charge in [0, 0.05) is 0 Å². The first-order valence-corrected chi connectivity index (χ1v) is 5.61. The third kappa shape index (κ3) is 3.41. The van der Waals surface area contributed by atoms with E-state index in [9.17, 15) is 9.18 Å². The molecular formula is C12H16ClFN2O. The summed E-state index contributed by atoms with van der Waals surface area (Å²) in [5.41, 5.74) is 5.42. The summed E-state index contributed by atoms with van der Waals surface area (Å²) in [6.45, 7) is 5.52. The maximum absolute atomic E-state index is 13.5. The van der Waals surface area contributed by atoms with Crippen LogP contribution >= 0.6 is 11.6 Å². The first-order valence-electron chi connectivity index (χ1n) is 5.24. The Kier molecular flexibility index (Phi) is 4.11. The predicted octanol–water partition coefficient (Wildman–Crippen LogP) is 2.79. The van der Waals surface area contributed by atoms with Crippen molar-refractivity contribution in [2.75, 3.05) is 5.32 Å². The van der Waals surface area contributed by atoms with Crippen molar-refractivity contribution in [3.05, 3.63) is 29.0 Å². The van der Waals surface area contributed by atoms with E-state index < -0.39 is 17.8 Å². The minimum Gasteiger partial charge on any atom is -0.322 e. The molecular weight excluding hydrogens is 243 g/mol. The molecule has 5 heteroatoms. The van der Waals surface area contributed by atoms with Crippen LogP contribution in [-0.4, -0.2) is 11.9 Å². The van der Waals surface area contributed by atoms with Crippen molar-refractivity contribution in [2.45, 2.75) is 26.8 Å². The molecule has 94 valence electrons. The Labute approximate surface area is 105 Å². The minimum absolute atomic E-state index is 0.0351. The smallest absolute Gasteiger partial charge is 0.241 e. The van der Waals surface area contributed by atoms with Gasteiger partial charge >= 0.3 is 0 Å². The van der Waals surface area contributed by atoms with Gasteiger partial charge in [0.2, 0.25) is 5.91 Å². The van der Waals surface area contributed by atoms with E-state index in [1.807, 2.05) is 20.8 Å². The summed E-state index contributed by atoms with van der Waals surface area (Å²) >= 11 is 5.61. The summed E-state index contributed by atoms with van der Waals surface area (Å²) in [4.78, 5) is 11.8. The molecule has 0 aliphatic rings. The number of amides is 1. The monoisotopic (exact) mass is 258 g/mol. The molecule has 0 spiro atoms. The Morgan fingerprint density at radius 1 is 1.47 bits per heavy atom. The Bertz CT molecular complexity index is 429. The van der Waals surface area contributed by atoms with Gasteiger partial charge in [0.1, 0.15) is 0 Å². The van der Waals surface area contributed by atoms with E-state index in [2.05, 4.69) is 5.32 Å². The molecule has 3 nitrogen and oxygen atoms in total. The maximum Gasteiger partial charge on any atom is 0.241 e. The molecule has 1 aromatic rings. The molecule has 0 saturated heterocycles. The van der Waals surface area contributed by atoms with Crippen LogP contribution in [0.4, 0.5) is 10.1 Å². The normalized spacial score (nSPS) is 13.3. The third-order valence-electron chi connectivity index (χ3n) is 2.42. The number of benzene rings is 1. The lowest BCUT2D eigenvalue weighted by atomic mass is 9.87. The highest BCUT2D eigenvalue weighted by Gasteiger charge is 2.28. The molecule has 0 heterocycles. The number of hydrogen-bond donors (Lipinski definition) is 2. The van der Waals surface area contributed by atoms with Crippen molar-refractivity contribution in [1.82, 2.24) is 0 Å². The number of anilines is 1. The Morgan fingerprint density at radius 2 is 2.06 bits per heavy atom. The third-order valence-corrected chi connectivity index (χ3v) is 2.72. The highest BCUT2D eigenvalue weighted by molar-refractivity contribution is 6.31. The number of nitrogens with two attached hydrogens (primary N) is 1. The van der Waals surface area contributed by atoms with Gasteiger partial charge in [0.15, 0.2) is 5.82 Å². The van der Waals surface area contributed by atoms with Gasteiger partial charge in [-0.2, -0.15) is 0 Å². The van der Waals surface area contributed by atoms with E-state index in [0.717, 1.165) is 0 Å². The van der Waals surface area contributed by atoms with E-state index in [1.54, 1.807) is 6.07 Å². The molecule has 0 unspecified atom stereocenters. The van der Waals surface area contributed by atoms with E-state index in [1.165, 1.54) is 12.1 Å². The fourth-order valence-corrected chi connectivity index (χ4v) is 1.38. The molecule has 0 bridgehead atoms. The molecule has 0 aliphatic heterocycles. The minimum atomic E-state index is -0.721. The van der Waals surface area contributed by atoms with Crippen molar-refractivity contribution in [3.8, 4) is 0 Å². The zero-order valence-corrected chi connectivity index (χ0v) is 10.8. The van der Waals surface area contributed by atoms with Gasteiger partial charge in [-0.15, -0.1) is 0 Å². The fraction of sp³-hybridized carbons (Fsp3) is 0.417. The lowest BCUT2D eigenvalue weighted by Gasteiger charge is -2.25. The van der Waals surface area contributed by atoms with E-state index in [0.29, 0.717) is 0 Å². The Morgan fingerprint density at radius 3 is 2.59 bits per heavy atom. The molecule has 1 amide bonds. The second kappa shape index (κ2) is 5.02. The van der Waals surface area contributed by atoms with Crippen LogP contribution in [-0.2, 0) is 4.79 Å². The van der Waals surface area contributed by atoms with Crippen LogP contribution in [0, 0.1) is 11.2 Å². The van der Waals surface area contributed by atoms with Gasteiger partial charge in [-0.05, 0) is 17.5 Å². The topological polar surface area (TPSA) is 55.1 Å². The van der Waals surface area contributed by atoms with Crippen LogP contribution in [0.1, 0.15) is 20.8 Å². The molecule has 0 saturated carbocycles. The van der Waals surface area contributed by atoms with E-state index in [-0.39, 0.29) is 16.1 Å². The molecule has 0 aliphatic carbocycles. The molecule has 17 heavy (non-hydrogen) atoms. The number of hydrogen-bond acceptors (Lipinski definition) is 2. The average Bonchev–Trinajstić information content (AvgIpc) is 2.22. The molecule has 0 aromatic heterocycles. The van der Waals surface area contributed by atoms with Crippen molar-refractivity contribution < 1.29 is 9.18 Å². The quantitative estimate of drug-likeness (QED) is 0.857. The zero-order chi connectivity index (χ0) is 13.2. The van der Waals surface area contributed by atoms with Crippen LogP contribution in [0.15, 0.2) is 18.2 Å².